The number of hydrogen-bond donors (Lipinski definition) is 1. The fourth-order valence-corrected chi connectivity index (χ4v) is 4.70. The van der Waals surface area contributed by atoms with E-state index < -0.39 is 0 Å². The van der Waals surface area contributed by atoms with Gasteiger partial charge in [0, 0.05) is 11.4 Å². The summed E-state index contributed by atoms with van der Waals surface area (Å²) in [7, 11) is 0. The number of rotatable bonds is 5. The Morgan fingerprint density at radius 3 is 2.21 bits per heavy atom. The van der Waals surface area contributed by atoms with Crippen LogP contribution in [0.4, 0.5) is 5.69 Å². The van der Waals surface area contributed by atoms with Crippen LogP contribution in [0.5, 0.6) is 0 Å². The first-order valence-electron chi connectivity index (χ1n) is 11.0. The zero-order valence-corrected chi connectivity index (χ0v) is 17.5. The molecule has 1 amide bonds. The summed E-state index contributed by atoms with van der Waals surface area (Å²) in [4.78, 5) is 18.1. The van der Waals surface area contributed by atoms with Gasteiger partial charge >= 0.3 is 0 Å². The molecular formula is C25H32N2O. The Bertz CT molecular complexity index is 867. The van der Waals surface area contributed by atoms with Crippen LogP contribution in [-0.2, 0) is 36.9 Å². The van der Waals surface area contributed by atoms with E-state index in [1.807, 2.05) is 6.92 Å². The van der Waals surface area contributed by atoms with Crippen LogP contribution in [0.1, 0.15) is 79.6 Å². The quantitative estimate of drug-likeness (QED) is 0.760. The first-order valence-corrected chi connectivity index (χ1v) is 11.0. The van der Waals surface area contributed by atoms with Gasteiger partial charge in [0.15, 0.2) is 0 Å². The summed E-state index contributed by atoms with van der Waals surface area (Å²) in [5, 5.41) is 3.34. The highest BCUT2D eigenvalue weighted by Crippen LogP contribution is 2.36. The molecule has 3 nitrogen and oxygen atoms in total. The number of nitrogens with one attached hydrogen (secondary N) is 1. The lowest BCUT2D eigenvalue weighted by atomic mass is 9.91. The SMILES string of the molecule is CC(C)Cc1ccc(C(C)C(=O)Nc2c3c(nc4c2CCC4)CCCC3)cc1. The third-order valence-electron chi connectivity index (χ3n) is 6.27. The van der Waals surface area contributed by atoms with E-state index in [0.29, 0.717) is 5.92 Å². The minimum atomic E-state index is -0.155. The molecule has 0 saturated heterocycles. The number of pyridine rings is 1. The molecule has 3 heteroatoms. The van der Waals surface area contributed by atoms with Crippen molar-refractivity contribution in [2.75, 3.05) is 5.32 Å². The van der Waals surface area contributed by atoms with Gasteiger partial charge in [-0.25, -0.2) is 0 Å². The number of nitrogens with zero attached hydrogens (tertiary/aromatic N) is 1. The summed E-state index contributed by atoms with van der Waals surface area (Å²) in [5.74, 6) is 0.591. The first-order chi connectivity index (χ1) is 13.5. The van der Waals surface area contributed by atoms with Gasteiger partial charge in [0.05, 0.1) is 11.6 Å². The van der Waals surface area contributed by atoms with E-state index in [9.17, 15) is 4.79 Å². The van der Waals surface area contributed by atoms with E-state index in [2.05, 4.69) is 43.4 Å². The normalized spacial score (nSPS) is 16.6. The summed E-state index contributed by atoms with van der Waals surface area (Å²) in [6.07, 6.45) is 8.84. The topological polar surface area (TPSA) is 42.0 Å². The number of fused-ring (bicyclic) bond motifs is 2. The van der Waals surface area contributed by atoms with Crippen LogP contribution in [0.3, 0.4) is 0 Å². The van der Waals surface area contributed by atoms with E-state index in [1.54, 1.807) is 0 Å². The van der Waals surface area contributed by atoms with Gasteiger partial charge in [0.1, 0.15) is 0 Å². The molecule has 1 atom stereocenters. The third kappa shape index (κ3) is 3.85. The van der Waals surface area contributed by atoms with Gasteiger partial charge in [-0.05, 0) is 86.5 Å². The number of amides is 1. The summed E-state index contributed by atoms with van der Waals surface area (Å²) < 4.78 is 0. The molecule has 0 fully saturated rings. The Balaban J connectivity index is 1.56. The van der Waals surface area contributed by atoms with Gasteiger partial charge in [-0.1, -0.05) is 38.1 Å². The average Bonchev–Trinajstić information content (AvgIpc) is 3.15. The Morgan fingerprint density at radius 2 is 1.54 bits per heavy atom. The minimum absolute atomic E-state index is 0.102. The second-order valence-corrected chi connectivity index (χ2v) is 8.95. The zero-order valence-electron chi connectivity index (χ0n) is 17.5. The Morgan fingerprint density at radius 1 is 0.929 bits per heavy atom. The molecule has 148 valence electrons. The van der Waals surface area contributed by atoms with E-state index in [1.165, 1.54) is 40.9 Å². The van der Waals surface area contributed by atoms with E-state index in [4.69, 9.17) is 4.98 Å². The number of anilines is 1. The maximum Gasteiger partial charge on any atom is 0.231 e. The smallest absolute Gasteiger partial charge is 0.231 e. The predicted octanol–water partition coefficient (Wildman–Crippen LogP) is 5.39. The van der Waals surface area contributed by atoms with Gasteiger partial charge in [0.25, 0.3) is 0 Å². The lowest BCUT2D eigenvalue weighted by Gasteiger charge is -2.23. The maximum atomic E-state index is 13.1. The summed E-state index contributed by atoms with van der Waals surface area (Å²) >= 11 is 0. The van der Waals surface area contributed by atoms with E-state index in [0.717, 1.165) is 49.8 Å². The van der Waals surface area contributed by atoms with Crippen molar-refractivity contribution in [3.8, 4) is 0 Å². The van der Waals surface area contributed by atoms with Crippen LogP contribution in [0.15, 0.2) is 24.3 Å². The monoisotopic (exact) mass is 376 g/mol. The fourth-order valence-electron chi connectivity index (χ4n) is 4.70. The van der Waals surface area contributed by atoms with Crippen LogP contribution in [0, 0.1) is 5.92 Å². The van der Waals surface area contributed by atoms with Gasteiger partial charge in [-0.2, -0.15) is 0 Å². The van der Waals surface area contributed by atoms with Crippen molar-refractivity contribution in [3.05, 3.63) is 57.9 Å². The maximum absolute atomic E-state index is 13.1. The number of benzene rings is 1. The van der Waals surface area contributed by atoms with Gasteiger partial charge in [-0.3, -0.25) is 9.78 Å². The van der Waals surface area contributed by atoms with Crippen molar-refractivity contribution in [2.45, 2.75) is 78.1 Å². The van der Waals surface area contributed by atoms with Gasteiger partial charge in [-0.15, -0.1) is 0 Å². The average molecular weight is 377 g/mol. The van der Waals surface area contributed by atoms with Crippen LogP contribution >= 0.6 is 0 Å². The lowest BCUT2D eigenvalue weighted by Crippen LogP contribution is -2.22. The van der Waals surface area contributed by atoms with Crippen molar-refractivity contribution in [1.29, 1.82) is 0 Å². The Kier molecular flexibility index (Phi) is 5.52. The second kappa shape index (κ2) is 8.06. The molecule has 1 aromatic carbocycles. The fraction of sp³-hybridized carbons (Fsp3) is 0.520. The predicted molar refractivity (Wildman–Crippen MR) is 115 cm³/mol. The molecule has 2 aliphatic carbocycles. The first kappa shape index (κ1) is 19.2. The molecule has 2 aromatic rings. The number of carbonyl (C=O) groups is 1. The number of aryl methyl sites for hydroxylation is 2. The van der Waals surface area contributed by atoms with Crippen molar-refractivity contribution >= 4 is 11.6 Å². The van der Waals surface area contributed by atoms with Crippen molar-refractivity contribution in [2.24, 2.45) is 5.92 Å². The summed E-state index contributed by atoms with van der Waals surface area (Å²) in [6.45, 7) is 6.48. The highest BCUT2D eigenvalue weighted by molar-refractivity contribution is 5.97. The standard InChI is InChI=1S/C25H32N2O/c1-16(2)15-18-11-13-19(14-12-18)17(3)25(28)27-24-20-7-4-5-9-22(20)26-23-10-6-8-21(23)24/h11-14,16-17H,4-10,15H2,1-3H3,(H,26,27,28). The molecule has 1 heterocycles. The van der Waals surface area contributed by atoms with Crippen LogP contribution in [0.2, 0.25) is 0 Å². The highest BCUT2D eigenvalue weighted by atomic mass is 16.1. The highest BCUT2D eigenvalue weighted by Gasteiger charge is 2.26. The molecule has 0 radical (unpaired) electrons. The number of hydrogen-bond acceptors (Lipinski definition) is 2. The van der Waals surface area contributed by atoms with Crippen molar-refractivity contribution in [3.63, 3.8) is 0 Å². The molecule has 1 N–H and O–H groups in total. The molecule has 0 saturated carbocycles. The van der Waals surface area contributed by atoms with Crippen molar-refractivity contribution < 1.29 is 4.79 Å². The Labute approximate surface area is 169 Å². The van der Waals surface area contributed by atoms with Gasteiger partial charge < -0.3 is 5.32 Å². The largest absolute Gasteiger partial charge is 0.325 e. The molecule has 2 aliphatic rings. The Hall–Kier alpha value is -2.16. The minimum Gasteiger partial charge on any atom is -0.325 e. The molecule has 0 bridgehead atoms. The summed E-state index contributed by atoms with van der Waals surface area (Å²) in [5.41, 5.74) is 8.59. The molecule has 1 unspecified atom stereocenters. The molecule has 0 spiro atoms. The van der Waals surface area contributed by atoms with Gasteiger partial charge in [0.2, 0.25) is 5.91 Å². The number of carbonyl (C=O) groups excluding carboxylic acids is 1. The van der Waals surface area contributed by atoms with Crippen LogP contribution in [-0.4, -0.2) is 10.9 Å². The number of aromatic nitrogens is 1. The van der Waals surface area contributed by atoms with E-state index >= 15 is 0 Å². The lowest BCUT2D eigenvalue weighted by molar-refractivity contribution is -0.117. The molecule has 28 heavy (non-hydrogen) atoms. The third-order valence-corrected chi connectivity index (χ3v) is 6.27. The van der Waals surface area contributed by atoms with Crippen LogP contribution < -0.4 is 5.32 Å². The molecule has 0 aliphatic heterocycles. The van der Waals surface area contributed by atoms with E-state index in [-0.39, 0.29) is 11.8 Å². The van der Waals surface area contributed by atoms with Crippen molar-refractivity contribution in [1.82, 2.24) is 4.98 Å². The molecular weight excluding hydrogens is 344 g/mol. The molecule has 1 aromatic heterocycles. The second-order valence-electron chi connectivity index (χ2n) is 8.95. The summed E-state index contributed by atoms with van der Waals surface area (Å²) in [6, 6.07) is 8.58. The zero-order chi connectivity index (χ0) is 19.7. The van der Waals surface area contributed by atoms with Crippen LogP contribution in [0.25, 0.3) is 0 Å². The molecule has 4 rings (SSSR count).